The lowest BCUT2D eigenvalue weighted by molar-refractivity contribution is -0.370. The third-order valence-corrected chi connectivity index (χ3v) is 15.1. The molecular weight excluding hydrogens is 676 g/mol. The molecule has 52 heavy (non-hydrogen) atoms. The van der Waals surface area contributed by atoms with E-state index in [4.69, 9.17) is 23.7 Å². The molecule has 0 unspecified atom stereocenters. The fourth-order valence-electron chi connectivity index (χ4n) is 11.7. The Kier molecular flexibility index (Phi) is 11.1. The van der Waals surface area contributed by atoms with Gasteiger partial charge in [-0.1, -0.05) is 33.3 Å². The highest BCUT2D eigenvalue weighted by atomic mass is 16.8. The van der Waals surface area contributed by atoms with Gasteiger partial charge < -0.3 is 59.4 Å². The van der Waals surface area contributed by atoms with Crippen LogP contribution in [0.2, 0.25) is 0 Å². The molecule has 13 heteroatoms. The molecule has 3 saturated heterocycles. The van der Waals surface area contributed by atoms with Crippen molar-refractivity contribution in [1.29, 1.82) is 0 Å². The quantitative estimate of drug-likeness (QED) is 0.198. The molecule has 4 aliphatic carbocycles. The fourth-order valence-corrected chi connectivity index (χ4v) is 11.7. The van der Waals surface area contributed by atoms with E-state index in [9.17, 15) is 40.5 Å². The van der Waals surface area contributed by atoms with Gasteiger partial charge in [-0.05, 0) is 105 Å². The van der Waals surface area contributed by atoms with Gasteiger partial charge in [0.05, 0.1) is 24.9 Å². The van der Waals surface area contributed by atoms with Crippen LogP contribution in [0, 0.1) is 46.3 Å². The number of aliphatic hydroxyl groups excluding tert-OH is 7. The lowest BCUT2D eigenvalue weighted by atomic mass is 9.47. The zero-order chi connectivity index (χ0) is 37.4. The van der Waals surface area contributed by atoms with E-state index in [0.717, 1.165) is 44.9 Å². The molecule has 296 valence electrons. The average molecular weight is 739 g/mol. The number of fused-ring (bicyclic) bond motifs is 5. The number of hydrogen-bond donors (Lipinski definition) is 7. The van der Waals surface area contributed by atoms with E-state index >= 15 is 0 Å². The van der Waals surface area contributed by atoms with E-state index in [2.05, 4.69) is 20.8 Å². The Morgan fingerprint density at radius 3 is 2.19 bits per heavy atom. The third-order valence-electron chi connectivity index (χ3n) is 15.1. The van der Waals surface area contributed by atoms with E-state index in [1.54, 1.807) is 0 Å². The summed E-state index contributed by atoms with van der Waals surface area (Å²) in [4.78, 5) is 14.2. The number of rotatable bonds is 7. The first-order valence-corrected chi connectivity index (χ1v) is 19.8. The van der Waals surface area contributed by atoms with Crippen LogP contribution in [0.25, 0.3) is 0 Å². The second-order valence-electron chi connectivity index (χ2n) is 17.9. The first-order chi connectivity index (χ1) is 24.6. The molecule has 0 amide bonds. The Morgan fingerprint density at radius 2 is 1.48 bits per heavy atom. The van der Waals surface area contributed by atoms with Gasteiger partial charge in [0.2, 0.25) is 0 Å². The van der Waals surface area contributed by atoms with Crippen molar-refractivity contribution >= 4 is 5.78 Å². The average Bonchev–Trinajstić information content (AvgIpc) is 3.47. The minimum Gasteiger partial charge on any atom is -0.394 e. The summed E-state index contributed by atoms with van der Waals surface area (Å²) in [7, 11) is 0. The number of hydrogen-bond acceptors (Lipinski definition) is 13. The summed E-state index contributed by atoms with van der Waals surface area (Å²) in [5, 5.41) is 73.3. The standard InChI is InChI=1S/C39H62O13/c1-17-6-9-27(50-35(17)47)18(2)22-7-8-23-21-15-26(41)25-14-20(10-12-39(25,5)24(21)11-13-38(22,23)4)49-37-34(32(45)30(43)28(16-40)51-37)52-36-33(46)31(44)29(42)19(3)48-36/h15,17-20,22-25,27-37,40,42-47H,6-14,16H2,1-5H3/t17-,18+,19+,20+,22-,23-,24+,25-,27-,28+,29+,30+,31-,32+,33+,34-,35-,36+,37-,38+,39-/m1/s1. The molecule has 7 rings (SSSR count). The Hall–Kier alpha value is -1.07. The van der Waals surface area contributed by atoms with Crippen LogP contribution >= 0.6 is 0 Å². The van der Waals surface area contributed by atoms with Crippen molar-refractivity contribution in [2.45, 2.75) is 172 Å². The first-order valence-electron chi connectivity index (χ1n) is 19.8. The minimum absolute atomic E-state index is 0.0436. The van der Waals surface area contributed by atoms with Crippen molar-refractivity contribution in [2.75, 3.05) is 6.61 Å². The summed E-state index contributed by atoms with van der Waals surface area (Å²) in [6.07, 6.45) is -5.20. The lowest BCUT2D eigenvalue weighted by Crippen LogP contribution is -2.64. The summed E-state index contributed by atoms with van der Waals surface area (Å²) < 4.78 is 30.0. The van der Waals surface area contributed by atoms with Crippen LogP contribution < -0.4 is 0 Å². The number of ether oxygens (including phenoxy) is 5. The molecule has 3 saturated carbocycles. The molecule has 0 aromatic rings. The normalized spacial score (nSPS) is 54.5. The highest BCUT2D eigenvalue weighted by Crippen LogP contribution is 2.67. The van der Waals surface area contributed by atoms with Gasteiger partial charge >= 0.3 is 0 Å². The molecule has 0 spiro atoms. The van der Waals surface area contributed by atoms with Crippen molar-refractivity contribution < 1.29 is 64.2 Å². The second-order valence-corrected chi connectivity index (χ2v) is 17.9. The predicted molar refractivity (Wildman–Crippen MR) is 184 cm³/mol. The van der Waals surface area contributed by atoms with E-state index < -0.39 is 80.4 Å². The highest BCUT2D eigenvalue weighted by Gasteiger charge is 2.61. The van der Waals surface area contributed by atoms with E-state index in [1.165, 1.54) is 12.5 Å². The van der Waals surface area contributed by atoms with Crippen LogP contribution in [0.15, 0.2) is 11.6 Å². The minimum atomic E-state index is -1.66. The molecule has 7 aliphatic rings. The van der Waals surface area contributed by atoms with Crippen LogP contribution in [0.3, 0.4) is 0 Å². The van der Waals surface area contributed by atoms with Gasteiger partial charge in [0.25, 0.3) is 0 Å². The molecule has 0 aromatic heterocycles. The molecular formula is C39H62O13. The topological polar surface area (TPSA) is 205 Å². The molecule has 6 fully saturated rings. The Morgan fingerprint density at radius 1 is 0.769 bits per heavy atom. The van der Waals surface area contributed by atoms with Gasteiger partial charge in [0.15, 0.2) is 24.7 Å². The van der Waals surface area contributed by atoms with Crippen LogP contribution in [-0.2, 0) is 28.5 Å². The van der Waals surface area contributed by atoms with Gasteiger partial charge in [0, 0.05) is 11.8 Å². The van der Waals surface area contributed by atoms with Crippen LogP contribution in [0.1, 0.15) is 92.4 Å². The molecule has 13 nitrogen and oxygen atoms in total. The number of allylic oxidation sites excluding steroid dienone is 2. The second kappa shape index (κ2) is 14.8. The molecule has 7 N–H and O–H groups in total. The van der Waals surface area contributed by atoms with Crippen molar-refractivity contribution in [3.8, 4) is 0 Å². The lowest BCUT2D eigenvalue weighted by Gasteiger charge is -2.57. The number of carbonyl (C=O) groups excluding carboxylic acids is 1. The van der Waals surface area contributed by atoms with Gasteiger partial charge in [-0.15, -0.1) is 0 Å². The van der Waals surface area contributed by atoms with Gasteiger partial charge in [0.1, 0.15) is 42.7 Å². The number of ketones is 1. The Balaban J connectivity index is 1.06. The largest absolute Gasteiger partial charge is 0.394 e. The smallest absolute Gasteiger partial charge is 0.187 e. The monoisotopic (exact) mass is 738 g/mol. The number of carbonyl (C=O) groups is 1. The summed E-state index contributed by atoms with van der Waals surface area (Å²) in [6.45, 7) is 9.92. The van der Waals surface area contributed by atoms with Crippen LogP contribution in [0.4, 0.5) is 0 Å². The SMILES string of the molecule is C[C@@H]([C@H]1CC[C@@H]2C3=CC(=O)[C@H]4C[C@@H](O[C@@H]5O[C@@H](CO)[C@H](O)[C@H](O)[C@H]5O[C@@H]5O[C@@H](C)[C@H](O)[C@@H](O)[C@@H]5O)CC[C@]4(C)[C@H]3CC[C@]21C)[C@H]1CC[C@@H](C)[C@H](O)O1. The van der Waals surface area contributed by atoms with Gasteiger partial charge in [-0.2, -0.15) is 0 Å². The van der Waals surface area contributed by atoms with Crippen molar-refractivity contribution in [2.24, 2.45) is 46.3 Å². The highest BCUT2D eigenvalue weighted by molar-refractivity contribution is 5.94. The van der Waals surface area contributed by atoms with Gasteiger partial charge in [-0.25, -0.2) is 0 Å². The molecule has 0 radical (unpaired) electrons. The maximum atomic E-state index is 14.2. The van der Waals surface area contributed by atoms with Crippen LogP contribution in [0.5, 0.6) is 0 Å². The van der Waals surface area contributed by atoms with E-state index in [0.29, 0.717) is 30.6 Å². The maximum Gasteiger partial charge on any atom is 0.187 e. The Bertz CT molecular complexity index is 1330. The molecule has 0 aromatic carbocycles. The van der Waals surface area contributed by atoms with Crippen molar-refractivity contribution in [1.82, 2.24) is 0 Å². The summed E-state index contributed by atoms with van der Waals surface area (Å²) >= 11 is 0. The molecule has 0 bridgehead atoms. The Labute approximate surface area is 306 Å². The van der Waals surface area contributed by atoms with Gasteiger partial charge in [-0.3, -0.25) is 4.79 Å². The predicted octanol–water partition coefficient (Wildman–Crippen LogP) is 1.55. The molecule has 3 heterocycles. The zero-order valence-corrected chi connectivity index (χ0v) is 31.2. The zero-order valence-electron chi connectivity index (χ0n) is 31.2. The maximum absolute atomic E-state index is 14.2. The van der Waals surface area contributed by atoms with Crippen molar-refractivity contribution in [3.05, 3.63) is 11.6 Å². The van der Waals surface area contributed by atoms with Crippen LogP contribution in [-0.4, -0.2) is 128 Å². The van der Waals surface area contributed by atoms with E-state index in [1.807, 2.05) is 13.0 Å². The third kappa shape index (κ3) is 6.56. The summed E-state index contributed by atoms with van der Waals surface area (Å²) in [5.41, 5.74) is 1.12. The van der Waals surface area contributed by atoms with Crippen molar-refractivity contribution in [3.63, 3.8) is 0 Å². The fraction of sp³-hybridized carbons (Fsp3) is 0.923. The molecule has 21 atom stereocenters. The number of aliphatic hydroxyl groups is 7. The van der Waals surface area contributed by atoms with E-state index in [-0.39, 0.29) is 40.5 Å². The summed E-state index contributed by atoms with van der Waals surface area (Å²) in [6, 6.07) is 0. The summed E-state index contributed by atoms with van der Waals surface area (Å²) in [5.74, 6) is 1.36. The molecule has 3 aliphatic heterocycles. The first kappa shape index (κ1) is 39.2.